The molecule has 4 N–H and O–H groups in total. The Labute approximate surface area is 198 Å². The summed E-state index contributed by atoms with van der Waals surface area (Å²) in [4.78, 5) is 10.6. The molecule has 1 heterocycles. The zero-order valence-corrected chi connectivity index (χ0v) is 20.0. The number of nitrogens with two attached hydrogens (primary N) is 2. The summed E-state index contributed by atoms with van der Waals surface area (Å²) in [5.41, 5.74) is 16.2. The average molecular weight is 448 g/mol. The van der Waals surface area contributed by atoms with Crippen LogP contribution in [0, 0.1) is 6.92 Å². The van der Waals surface area contributed by atoms with Crippen LogP contribution in [0.1, 0.15) is 48.1 Å². The fraction of sp³-hybridized carbons (Fsp3) is 0.407. The van der Waals surface area contributed by atoms with Crippen LogP contribution >= 0.6 is 0 Å². The molecule has 2 aromatic carbocycles. The SMILES string of the molecule is Cc1nc(N)nc(N)c1CCCCCCc1ccc(OCCN(C)Cc2ccccc2)cc1. The average Bonchev–Trinajstić information content (AvgIpc) is 2.79. The second-order valence-corrected chi connectivity index (χ2v) is 8.66. The van der Waals surface area contributed by atoms with Crippen LogP contribution < -0.4 is 16.2 Å². The molecule has 3 aromatic rings. The molecule has 6 nitrogen and oxygen atoms in total. The predicted octanol–water partition coefficient (Wildman–Crippen LogP) is 4.81. The Morgan fingerprint density at radius 2 is 1.52 bits per heavy atom. The molecule has 1 aromatic heterocycles. The Balaban J connectivity index is 1.28. The second kappa shape index (κ2) is 12.8. The summed E-state index contributed by atoms with van der Waals surface area (Å²) in [5, 5.41) is 0. The van der Waals surface area contributed by atoms with Crippen molar-refractivity contribution < 1.29 is 4.74 Å². The van der Waals surface area contributed by atoms with Crippen molar-refractivity contribution in [3.05, 3.63) is 77.0 Å². The van der Waals surface area contributed by atoms with Gasteiger partial charge in [0.15, 0.2) is 0 Å². The van der Waals surface area contributed by atoms with Crippen molar-refractivity contribution in [2.45, 2.75) is 52.0 Å². The lowest BCUT2D eigenvalue weighted by molar-refractivity contribution is 0.233. The van der Waals surface area contributed by atoms with Crippen LogP contribution in [-0.4, -0.2) is 35.1 Å². The number of hydrogen-bond donors (Lipinski definition) is 2. The van der Waals surface area contributed by atoms with Gasteiger partial charge in [0.05, 0.1) is 0 Å². The standard InChI is InChI=1S/C27H37N5O/c1-21-25(26(28)31-27(29)30-21)13-9-4-3-6-10-22-14-16-24(17-15-22)33-19-18-32(2)20-23-11-7-5-8-12-23/h5,7-8,11-12,14-17H,3-4,6,9-10,13,18-20H2,1-2H3,(H4,28,29,30,31). The fourth-order valence-corrected chi connectivity index (χ4v) is 3.98. The van der Waals surface area contributed by atoms with Crippen LogP contribution in [0.5, 0.6) is 5.75 Å². The molecule has 0 spiro atoms. The summed E-state index contributed by atoms with van der Waals surface area (Å²) in [7, 11) is 2.12. The molecule has 0 amide bonds. The zero-order chi connectivity index (χ0) is 23.5. The number of nitrogen functional groups attached to an aromatic ring is 2. The summed E-state index contributed by atoms with van der Waals surface area (Å²) in [6.45, 7) is 4.46. The lowest BCUT2D eigenvalue weighted by Gasteiger charge is -2.17. The van der Waals surface area contributed by atoms with E-state index in [0.717, 1.165) is 49.4 Å². The molecular weight excluding hydrogens is 410 g/mol. The van der Waals surface area contributed by atoms with E-state index in [0.29, 0.717) is 12.4 Å². The maximum Gasteiger partial charge on any atom is 0.222 e. The number of hydrogen-bond acceptors (Lipinski definition) is 6. The molecular formula is C27H37N5O. The minimum absolute atomic E-state index is 0.251. The van der Waals surface area contributed by atoms with Crippen molar-refractivity contribution in [1.82, 2.24) is 14.9 Å². The van der Waals surface area contributed by atoms with Crippen LogP contribution in [-0.2, 0) is 19.4 Å². The van der Waals surface area contributed by atoms with E-state index in [1.165, 1.54) is 30.4 Å². The molecule has 0 aliphatic heterocycles. The van der Waals surface area contributed by atoms with Crippen LogP contribution in [0.2, 0.25) is 0 Å². The molecule has 0 aliphatic rings. The number of aromatic nitrogens is 2. The molecule has 0 bridgehead atoms. The van der Waals surface area contributed by atoms with Gasteiger partial charge in [0.2, 0.25) is 5.95 Å². The van der Waals surface area contributed by atoms with Gasteiger partial charge in [-0.3, -0.25) is 4.90 Å². The molecule has 0 aliphatic carbocycles. The lowest BCUT2D eigenvalue weighted by atomic mass is 10.0. The first-order chi connectivity index (χ1) is 16.0. The Kier molecular flexibility index (Phi) is 9.51. The normalized spacial score (nSPS) is 11.1. The van der Waals surface area contributed by atoms with Gasteiger partial charge in [-0.2, -0.15) is 4.98 Å². The highest BCUT2D eigenvalue weighted by atomic mass is 16.5. The second-order valence-electron chi connectivity index (χ2n) is 8.66. The summed E-state index contributed by atoms with van der Waals surface area (Å²) in [6, 6.07) is 19.0. The van der Waals surface area contributed by atoms with E-state index in [9.17, 15) is 0 Å². The van der Waals surface area contributed by atoms with Gasteiger partial charge in [0.1, 0.15) is 18.2 Å². The first kappa shape index (κ1) is 24.5. The largest absolute Gasteiger partial charge is 0.492 e. The maximum atomic E-state index is 5.98. The molecule has 6 heteroatoms. The van der Waals surface area contributed by atoms with Crippen molar-refractivity contribution in [2.75, 3.05) is 31.7 Å². The molecule has 0 radical (unpaired) electrons. The van der Waals surface area contributed by atoms with E-state index in [1.54, 1.807) is 0 Å². The zero-order valence-electron chi connectivity index (χ0n) is 20.0. The van der Waals surface area contributed by atoms with E-state index in [-0.39, 0.29) is 5.95 Å². The number of benzene rings is 2. The van der Waals surface area contributed by atoms with Crippen molar-refractivity contribution in [3.8, 4) is 5.75 Å². The third-order valence-electron chi connectivity index (χ3n) is 5.87. The highest BCUT2D eigenvalue weighted by Crippen LogP contribution is 2.19. The van der Waals surface area contributed by atoms with Crippen molar-refractivity contribution in [1.29, 1.82) is 0 Å². The molecule has 0 fully saturated rings. The maximum absolute atomic E-state index is 5.98. The van der Waals surface area contributed by atoms with Gasteiger partial charge in [-0.25, -0.2) is 4.98 Å². The summed E-state index contributed by atoms with van der Waals surface area (Å²) >= 11 is 0. The minimum atomic E-state index is 0.251. The van der Waals surface area contributed by atoms with Crippen molar-refractivity contribution in [3.63, 3.8) is 0 Å². The molecule has 33 heavy (non-hydrogen) atoms. The van der Waals surface area contributed by atoms with Crippen molar-refractivity contribution >= 4 is 11.8 Å². The Morgan fingerprint density at radius 3 is 2.21 bits per heavy atom. The van der Waals surface area contributed by atoms with Gasteiger partial charge in [-0.15, -0.1) is 0 Å². The third kappa shape index (κ3) is 8.39. The lowest BCUT2D eigenvalue weighted by Crippen LogP contribution is -2.23. The number of rotatable bonds is 13. The number of anilines is 2. The molecule has 3 rings (SSSR count). The van der Waals surface area contributed by atoms with E-state index in [1.807, 2.05) is 13.0 Å². The van der Waals surface area contributed by atoms with E-state index in [4.69, 9.17) is 16.2 Å². The number of unbranched alkanes of at least 4 members (excludes halogenated alkanes) is 3. The van der Waals surface area contributed by atoms with Gasteiger partial charge < -0.3 is 16.2 Å². The van der Waals surface area contributed by atoms with Gasteiger partial charge in [0, 0.05) is 24.3 Å². The number of likely N-dealkylation sites (N-methyl/N-ethyl adjacent to an activating group) is 1. The van der Waals surface area contributed by atoms with Gasteiger partial charge in [0.25, 0.3) is 0 Å². The fourth-order valence-electron chi connectivity index (χ4n) is 3.98. The summed E-state index contributed by atoms with van der Waals surface area (Å²) < 4.78 is 5.93. The first-order valence-corrected chi connectivity index (χ1v) is 11.8. The van der Waals surface area contributed by atoms with Crippen LogP contribution in [0.4, 0.5) is 11.8 Å². The first-order valence-electron chi connectivity index (χ1n) is 11.8. The number of ether oxygens (including phenoxy) is 1. The highest BCUT2D eigenvalue weighted by molar-refractivity contribution is 5.45. The molecule has 176 valence electrons. The third-order valence-corrected chi connectivity index (χ3v) is 5.87. The molecule has 0 saturated heterocycles. The molecule has 0 saturated carbocycles. The van der Waals surface area contributed by atoms with Crippen LogP contribution in [0.15, 0.2) is 54.6 Å². The topological polar surface area (TPSA) is 90.3 Å². The Morgan fingerprint density at radius 1 is 0.818 bits per heavy atom. The van der Waals surface area contributed by atoms with Gasteiger partial charge in [-0.05, 0) is 62.9 Å². The predicted molar refractivity (Wildman–Crippen MR) is 136 cm³/mol. The van der Waals surface area contributed by atoms with Crippen LogP contribution in [0.3, 0.4) is 0 Å². The monoisotopic (exact) mass is 447 g/mol. The van der Waals surface area contributed by atoms with Gasteiger partial charge in [-0.1, -0.05) is 55.3 Å². The quantitative estimate of drug-likeness (QED) is 0.366. The van der Waals surface area contributed by atoms with Crippen molar-refractivity contribution in [2.24, 2.45) is 0 Å². The minimum Gasteiger partial charge on any atom is -0.492 e. The summed E-state index contributed by atoms with van der Waals surface area (Å²) in [6.07, 6.45) is 6.62. The summed E-state index contributed by atoms with van der Waals surface area (Å²) in [5.74, 6) is 1.70. The van der Waals surface area contributed by atoms with E-state index >= 15 is 0 Å². The highest BCUT2D eigenvalue weighted by Gasteiger charge is 2.07. The molecule has 0 atom stereocenters. The van der Waals surface area contributed by atoms with Gasteiger partial charge >= 0.3 is 0 Å². The molecule has 0 unspecified atom stereocenters. The van der Waals surface area contributed by atoms with E-state index in [2.05, 4.69) is 70.4 Å². The van der Waals surface area contributed by atoms with E-state index < -0.39 is 0 Å². The number of aryl methyl sites for hydroxylation is 2. The number of nitrogens with zero attached hydrogens (tertiary/aromatic N) is 3. The Hall–Kier alpha value is -3.12. The Bertz CT molecular complexity index is 953. The van der Waals surface area contributed by atoms with Crippen LogP contribution in [0.25, 0.3) is 0 Å². The smallest absolute Gasteiger partial charge is 0.222 e.